The Bertz CT molecular complexity index is 583. The van der Waals surface area contributed by atoms with Crippen LogP contribution in [0.2, 0.25) is 0 Å². The van der Waals surface area contributed by atoms with E-state index < -0.39 is 0 Å². The number of ether oxygens (including phenoxy) is 2. The quantitative estimate of drug-likeness (QED) is 0.909. The fourth-order valence-corrected chi connectivity index (χ4v) is 2.92. The van der Waals surface area contributed by atoms with Crippen LogP contribution < -0.4 is 10.1 Å². The molecule has 5 heteroatoms. The van der Waals surface area contributed by atoms with Gasteiger partial charge in [-0.3, -0.25) is 4.90 Å². The molecule has 2 heterocycles. The summed E-state index contributed by atoms with van der Waals surface area (Å²) in [5, 5.41) is 3.45. The Labute approximate surface area is 124 Å². The van der Waals surface area contributed by atoms with Crippen LogP contribution in [0, 0.1) is 5.92 Å². The molecule has 0 aliphatic carbocycles. The maximum absolute atomic E-state index is 11.9. The van der Waals surface area contributed by atoms with Gasteiger partial charge in [-0.2, -0.15) is 0 Å². The fourth-order valence-electron chi connectivity index (χ4n) is 2.92. The number of amides is 1. The summed E-state index contributed by atoms with van der Waals surface area (Å²) >= 11 is 0. The van der Waals surface area contributed by atoms with E-state index in [1.165, 1.54) is 5.57 Å². The first-order chi connectivity index (χ1) is 10.2. The van der Waals surface area contributed by atoms with Crippen LogP contribution in [0.3, 0.4) is 0 Å². The minimum absolute atomic E-state index is 0.267. The van der Waals surface area contributed by atoms with Gasteiger partial charge < -0.3 is 14.8 Å². The molecule has 0 fully saturated rings. The van der Waals surface area contributed by atoms with E-state index in [1.54, 1.807) is 12.0 Å². The predicted octanol–water partition coefficient (Wildman–Crippen LogP) is 2.94. The smallest absolute Gasteiger partial charge is 0.413 e. The van der Waals surface area contributed by atoms with Crippen molar-refractivity contribution in [2.75, 3.05) is 32.1 Å². The molecule has 1 aromatic rings. The molecule has 1 atom stereocenters. The molecule has 21 heavy (non-hydrogen) atoms. The maximum Gasteiger partial charge on any atom is 0.413 e. The van der Waals surface area contributed by atoms with Gasteiger partial charge in [-0.15, -0.1) is 0 Å². The van der Waals surface area contributed by atoms with Gasteiger partial charge in [-0.1, -0.05) is 0 Å². The van der Waals surface area contributed by atoms with Crippen LogP contribution in [-0.4, -0.2) is 37.8 Å². The molecule has 2 aliphatic rings. The third kappa shape index (κ3) is 2.55. The number of nitrogens with one attached hydrogen (secondary N) is 1. The first-order valence-corrected chi connectivity index (χ1v) is 7.30. The van der Waals surface area contributed by atoms with E-state index in [1.807, 2.05) is 31.3 Å². The zero-order valence-electron chi connectivity index (χ0n) is 12.4. The number of hydrogen-bond acceptors (Lipinski definition) is 4. The van der Waals surface area contributed by atoms with Crippen LogP contribution in [0.5, 0.6) is 5.75 Å². The van der Waals surface area contributed by atoms with Crippen molar-refractivity contribution in [3.05, 3.63) is 30.0 Å². The van der Waals surface area contributed by atoms with Gasteiger partial charge >= 0.3 is 6.09 Å². The SMILES string of the molecule is CCOC(=O)N1C=C2c3ccc(OC)cc3NCC2CC1. The molecule has 1 unspecified atom stereocenters. The van der Waals surface area contributed by atoms with Crippen LogP contribution in [0.4, 0.5) is 10.5 Å². The number of methoxy groups -OCH3 is 1. The van der Waals surface area contributed by atoms with Gasteiger partial charge in [-0.05, 0) is 31.1 Å². The molecule has 0 saturated carbocycles. The summed E-state index contributed by atoms with van der Waals surface area (Å²) in [6, 6.07) is 6.00. The first kappa shape index (κ1) is 13.8. The highest BCUT2D eigenvalue weighted by molar-refractivity contribution is 5.83. The number of anilines is 1. The molecular formula is C16H20N2O3. The van der Waals surface area contributed by atoms with Crippen molar-refractivity contribution in [3.63, 3.8) is 0 Å². The van der Waals surface area contributed by atoms with Gasteiger partial charge in [0.2, 0.25) is 0 Å². The Kier molecular flexibility index (Phi) is 3.73. The van der Waals surface area contributed by atoms with Crippen LogP contribution >= 0.6 is 0 Å². The maximum atomic E-state index is 11.9. The Balaban J connectivity index is 1.93. The number of fused-ring (bicyclic) bond motifs is 3. The van der Waals surface area contributed by atoms with E-state index in [0.717, 1.165) is 30.0 Å². The van der Waals surface area contributed by atoms with Crippen molar-refractivity contribution in [2.24, 2.45) is 5.92 Å². The molecule has 0 saturated heterocycles. The van der Waals surface area contributed by atoms with Gasteiger partial charge in [0.05, 0.1) is 13.7 Å². The van der Waals surface area contributed by atoms with E-state index in [9.17, 15) is 4.79 Å². The largest absolute Gasteiger partial charge is 0.497 e. The minimum atomic E-state index is -0.267. The second-order valence-electron chi connectivity index (χ2n) is 5.25. The van der Waals surface area contributed by atoms with E-state index in [0.29, 0.717) is 19.1 Å². The molecule has 2 aliphatic heterocycles. The summed E-state index contributed by atoms with van der Waals surface area (Å²) in [6.45, 7) is 3.82. The topological polar surface area (TPSA) is 50.8 Å². The van der Waals surface area contributed by atoms with E-state index in [2.05, 4.69) is 5.32 Å². The van der Waals surface area contributed by atoms with Crippen molar-refractivity contribution in [1.82, 2.24) is 4.90 Å². The lowest BCUT2D eigenvalue weighted by Gasteiger charge is -2.35. The minimum Gasteiger partial charge on any atom is -0.497 e. The Morgan fingerprint density at radius 2 is 2.33 bits per heavy atom. The van der Waals surface area contributed by atoms with Gasteiger partial charge in [0.1, 0.15) is 5.75 Å². The first-order valence-electron chi connectivity index (χ1n) is 7.30. The summed E-state index contributed by atoms with van der Waals surface area (Å²) in [7, 11) is 1.66. The highest BCUT2D eigenvalue weighted by Gasteiger charge is 2.30. The molecular weight excluding hydrogens is 268 g/mol. The lowest BCUT2D eigenvalue weighted by molar-refractivity contribution is 0.119. The Morgan fingerprint density at radius 3 is 3.10 bits per heavy atom. The lowest BCUT2D eigenvalue weighted by atomic mass is 9.84. The van der Waals surface area contributed by atoms with Crippen LogP contribution in [0.15, 0.2) is 24.4 Å². The Morgan fingerprint density at radius 1 is 1.48 bits per heavy atom. The van der Waals surface area contributed by atoms with Crippen LogP contribution in [-0.2, 0) is 4.74 Å². The normalized spacial score (nSPS) is 19.8. The van der Waals surface area contributed by atoms with Crippen molar-refractivity contribution >= 4 is 17.4 Å². The zero-order valence-corrected chi connectivity index (χ0v) is 12.4. The molecule has 112 valence electrons. The molecule has 1 N–H and O–H groups in total. The third-order valence-electron chi connectivity index (χ3n) is 4.03. The highest BCUT2D eigenvalue weighted by Crippen LogP contribution is 2.40. The van der Waals surface area contributed by atoms with Gasteiger partial charge in [0, 0.05) is 42.5 Å². The molecule has 0 spiro atoms. The standard InChI is InChI=1S/C16H20N2O3/c1-3-21-16(19)18-7-6-11-9-17-15-8-12(20-2)4-5-13(15)14(11)10-18/h4-5,8,10-11,17H,3,6-7,9H2,1-2H3. The van der Waals surface area contributed by atoms with Crippen LogP contribution in [0.25, 0.3) is 5.57 Å². The monoisotopic (exact) mass is 288 g/mol. The molecule has 0 bridgehead atoms. The summed E-state index contributed by atoms with van der Waals surface area (Å²) < 4.78 is 10.4. The molecule has 1 aromatic carbocycles. The van der Waals surface area contributed by atoms with Gasteiger partial charge in [0.25, 0.3) is 0 Å². The number of benzene rings is 1. The van der Waals surface area contributed by atoms with E-state index in [4.69, 9.17) is 9.47 Å². The second kappa shape index (κ2) is 5.68. The highest BCUT2D eigenvalue weighted by atomic mass is 16.6. The molecule has 0 aromatic heterocycles. The summed E-state index contributed by atoms with van der Waals surface area (Å²) in [5.41, 5.74) is 3.40. The Hall–Kier alpha value is -2.17. The molecule has 5 nitrogen and oxygen atoms in total. The number of rotatable bonds is 2. The predicted molar refractivity (Wildman–Crippen MR) is 81.3 cm³/mol. The van der Waals surface area contributed by atoms with Gasteiger partial charge in [-0.25, -0.2) is 4.79 Å². The number of hydrogen-bond donors (Lipinski definition) is 1. The fraction of sp³-hybridized carbons (Fsp3) is 0.438. The van der Waals surface area contributed by atoms with Crippen molar-refractivity contribution in [2.45, 2.75) is 13.3 Å². The lowest BCUT2D eigenvalue weighted by Crippen LogP contribution is -2.36. The van der Waals surface area contributed by atoms with Crippen molar-refractivity contribution in [3.8, 4) is 5.75 Å². The zero-order chi connectivity index (χ0) is 14.8. The molecule has 3 rings (SSSR count). The summed E-state index contributed by atoms with van der Waals surface area (Å²) in [5.74, 6) is 1.27. The number of carbonyl (C=O) groups excluding carboxylic acids is 1. The average Bonchev–Trinajstić information content (AvgIpc) is 2.53. The van der Waals surface area contributed by atoms with Crippen LogP contribution in [0.1, 0.15) is 18.9 Å². The average molecular weight is 288 g/mol. The number of carbonyl (C=O) groups is 1. The molecule has 0 radical (unpaired) electrons. The third-order valence-corrected chi connectivity index (χ3v) is 4.03. The van der Waals surface area contributed by atoms with E-state index in [-0.39, 0.29) is 6.09 Å². The number of nitrogens with zero attached hydrogens (tertiary/aromatic N) is 1. The summed E-state index contributed by atoms with van der Waals surface area (Å²) in [4.78, 5) is 13.6. The molecule has 1 amide bonds. The van der Waals surface area contributed by atoms with E-state index >= 15 is 0 Å². The van der Waals surface area contributed by atoms with Crippen molar-refractivity contribution in [1.29, 1.82) is 0 Å². The summed E-state index contributed by atoms with van der Waals surface area (Å²) in [6.07, 6.45) is 2.62. The van der Waals surface area contributed by atoms with Gasteiger partial charge in [0.15, 0.2) is 0 Å². The second-order valence-corrected chi connectivity index (χ2v) is 5.25. The van der Waals surface area contributed by atoms with Crippen molar-refractivity contribution < 1.29 is 14.3 Å².